The number of hydrogen-bond acceptors (Lipinski definition) is 4. The van der Waals surface area contributed by atoms with Gasteiger partial charge in [-0.25, -0.2) is 14.8 Å². The molecule has 0 radical (unpaired) electrons. The standard InChI is InChI=1S/C14H17N3O3/c18-13(11-5-16-12(6-15-11)14(19)20)17-7-9-3-1-2-4-10(9)8-17/h5-6,9-10H,1-4,7-8H2,(H,19,20). The Morgan fingerprint density at radius 1 is 1.05 bits per heavy atom. The predicted octanol–water partition coefficient (Wildman–Crippen LogP) is 1.44. The van der Waals surface area contributed by atoms with Crippen LogP contribution in [0.4, 0.5) is 0 Å². The van der Waals surface area contributed by atoms with E-state index in [4.69, 9.17) is 5.11 Å². The molecular formula is C14H17N3O3. The number of carboxylic acids is 1. The van der Waals surface area contributed by atoms with Crippen molar-refractivity contribution >= 4 is 11.9 Å². The Morgan fingerprint density at radius 2 is 1.60 bits per heavy atom. The second-order valence-electron chi connectivity index (χ2n) is 5.61. The molecule has 106 valence electrons. The van der Waals surface area contributed by atoms with E-state index in [0.29, 0.717) is 11.8 Å². The topological polar surface area (TPSA) is 83.4 Å². The van der Waals surface area contributed by atoms with E-state index in [1.807, 2.05) is 4.90 Å². The molecule has 0 bridgehead atoms. The van der Waals surface area contributed by atoms with Crippen LogP contribution in [0.5, 0.6) is 0 Å². The van der Waals surface area contributed by atoms with Gasteiger partial charge in [-0.1, -0.05) is 12.8 Å². The van der Waals surface area contributed by atoms with Crippen LogP contribution in [0, 0.1) is 11.8 Å². The fraction of sp³-hybridized carbons (Fsp3) is 0.571. The molecule has 2 unspecified atom stereocenters. The van der Waals surface area contributed by atoms with Gasteiger partial charge in [-0.2, -0.15) is 0 Å². The second-order valence-corrected chi connectivity index (χ2v) is 5.61. The van der Waals surface area contributed by atoms with Crippen LogP contribution < -0.4 is 0 Å². The number of aromatic nitrogens is 2. The van der Waals surface area contributed by atoms with E-state index >= 15 is 0 Å². The molecule has 2 heterocycles. The van der Waals surface area contributed by atoms with Gasteiger partial charge in [0.05, 0.1) is 12.4 Å². The van der Waals surface area contributed by atoms with E-state index in [1.165, 1.54) is 31.9 Å². The molecule has 6 nitrogen and oxygen atoms in total. The van der Waals surface area contributed by atoms with Crippen LogP contribution >= 0.6 is 0 Å². The number of carboxylic acid groups (broad SMARTS) is 1. The lowest BCUT2D eigenvalue weighted by Crippen LogP contribution is -2.30. The Labute approximate surface area is 116 Å². The van der Waals surface area contributed by atoms with Crippen molar-refractivity contribution in [2.45, 2.75) is 25.7 Å². The molecule has 1 aromatic rings. The minimum Gasteiger partial charge on any atom is -0.476 e. The smallest absolute Gasteiger partial charge is 0.356 e. The van der Waals surface area contributed by atoms with E-state index in [9.17, 15) is 9.59 Å². The van der Waals surface area contributed by atoms with Crippen molar-refractivity contribution in [3.63, 3.8) is 0 Å². The maximum absolute atomic E-state index is 12.3. The highest BCUT2D eigenvalue weighted by molar-refractivity contribution is 5.93. The van der Waals surface area contributed by atoms with Gasteiger partial charge in [0, 0.05) is 13.1 Å². The molecule has 0 spiro atoms. The summed E-state index contributed by atoms with van der Waals surface area (Å²) in [7, 11) is 0. The first-order valence-electron chi connectivity index (χ1n) is 7.00. The molecule has 1 aliphatic heterocycles. The van der Waals surface area contributed by atoms with Crippen molar-refractivity contribution in [3.8, 4) is 0 Å². The summed E-state index contributed by atoms with van der Waals surface area (Å²) in [6, 6.07) is 0. The molecule has 1 N–H and O–H groups in total. The largest absolute Gasteiger partial charge is 0.476 e. The summed E-state index contributed by atoms with van der Waals surface area (Å²) in [5.41, 5.74) is 0.0882. The van der Waals surface area contributed by atoms with E-state index in [1.54, 1.807) is 0 Å². The Kier molecular flexibility index (Phi) is 3.38. The normalized spacial score (nSPS) is 25.3. The molecule has 2 fully saturated rings. The van der Waals surface area contributed by atoms with Gasteiger partial charge in [-0.15, -0.1) is 0 Å². The predicted molar refractivity (Wildman–Crippen MR) is 70.3 cm³/mol. The van der Waals surface area contributed by atoms with Crippen LogP contribution in [-0.4, -0.2) is 44.9 Å². The Hall–Kier alpha value is -1.98. The van der Waals surface area contributed by atoms with Crippen LogP contribution in [0.25, 0.3) is 0 Å². The molecule has 20 heavy (non-hydrogen) atoms. The van der Waals surface area contributed by atoms with Gasteiger partial charge in [-0.3, -0.25) is 4.79 Å². The summed E-state index contributed by atoms with van der Waals surface area (Å²) in [4.78, 5) is 32.6. The molecule has 6 heteroatoms. The number of aromatic carboxylic acids is 1. The number of carbonyl (C=O) groups is 2. The molecule has 1 aromatic heterocycles. The SMILES string of the molecule is O=C(O)c1cnc(C(=O)N2CC3CCCCC3C2)cn1. The molecular weight excluding hydrogens is 258 g/mol. The lowest BCUT2D eigenvalue weighted by atomic mass is 9.82. The van der Waals surface area contributed by atoms with Gasteiger partial charge in [-0.05, 0) is 24.7 Å². The lowest BCUT2D eigenvalue weighted by molar-refractivity contribution is 0.0687. The summed E-state index contributed by atoms with van der Waals surface area (Å²) in [5.74, 6) is -0.0227. The minimum absolute atomic E-state index is 0.135. The number of fused-ring (bicyclic) bond motifs is 1. The molecule has 1 amide bonds. The molecule has 1 saturated heterocycles. The van der Waals surface area contributed by atoms with Crippen LogP contribution in [0.15, 0.2) is 12.4 Å². The Bertz CT molecular complexity index is 515. The maximum Gasteiger partial charge on any atom is 0.356 e. The summed E-state index contributed by atoms with van der Waals surface area (Å²) in [6.45, 7) is 1.59. The van der Waals surface area contributed by atoms with Crippen molar-refractivity contribution in [3.05, 3.63) is 23.8 Å². The van der Waals surface area contributed by atoms with Crippen LogP contribution in [0.2, 0.25) is 0 Å². The third kappa shape index (κ3) is 2.37. The average molecular weight is 275 g/mol. The van der Waals surface area contributed by atoms with E-state index in [0.717, 1.165) is 19.3 Å². The van der Waals surface area contributed by atoms with Crippen molar-refractivity contribution in [1.29, 1.82) is 0 Å². The van der Waals surface area contributed by atoms with Gasteiger partial charge in [0.15, 0.2) is 5.69 Å². The molecule has 3 rings (SSSR count). The maximum atomic E-state index is 12.3. The number of carbonyl (C=O) groups excluding carboxylic acids is 1. The third-order valence-corrected chi connectivity index (χ3v) is 4.35. The van der Waals surface area contributed by atoms with Crippen molar-refractivity contribution in [2.24, 2.45) is 11.8 Å². The van der Waals surface area contributed by atoms with Crippen molar-refractivity contribution in [1.82, 2.24) is 14.9 Å². The monoisotopic (exact) mass is 275 g/mol. The Balaban J connectivity index is 1.71. The highest BCUT2D eigenvalue weighted by Gasteiger charge is 2.37. The molecule has 2 aliphatic rings. The van der Waals surface area contributed by atoms with Crippen molar-refractivity contribution < 1.29 is 14.7 Å². The van der Waals surface area contributed by atoms with Gasteiger partial charge in [0.1, 0.15) is 5.69 Å². The zero-order valence-electron chi connectivity index (χ0n) is 11.2. The van der Waals surface area contributed by atoms with E-state index in [-0.39, 0.29) is 17.3 Å². The van der Waals surface area contributed by atoms with Crippen LogP contribution in [0.3, 0.4) is 0 Å². The number of nitrogens with zero attached hydrogens (tertiary/aromatic N) is 3. The first-order valence-corrected chi connectivity index (χ1v) is 7.00. The quantitative estimate of drug-likeness (QED) is 0.883. The summed E-state index contributed by atoms with van der Waals surface area (Å²) < 4.78 is 0. The molecule has 1 aliphatic carbocycles. The summed E-state index contributed by atoms with van der Waals surface area (Å²) in [6.07, 6.45) is 7.33. The average Bonchev–Trinajstić information content (AvgIpc) is 2.90. The van der Waals surface area contributed by atoms with E-state index in [2.05, 4.69) is 9.97 Å². The summed E-state index contributed by atoms with van der Waals surface area (Å²) >= 11 is 0. The van der Waals surface area contributed by atoms with Gasteiger partial charge < -0.3 is 10.0 Å². The number of amides is 1. The van der Waals surface area contributed by atoms with Crippen LogP contribution in [0.1, 0.15) is 46.7 Å². The first-order chi connectivity index (χ1) is 9.65. The van der Waals surface area contributed by atoms with Gasteiger partial charge in [0.25, 0.3) is 5.91 Å². The number of rotatable bonds is 2. The number of hydrogen-bond donors (Lipinski definition) is 1. The Morgan fingerprint density at radius 3 is 2.10 bits per heavy atom. The van der Waals surface area contributed by atoms with E-state index < -0.39 is 5.97 Å². The number of likely N-dealkylation sites (tertiary alicyclic amines) is 1. The highest BCUT2D eigenvalue weighted by Crippen LogP contribution is 2.36. The van der Waals surface area contributed by atoms with Crippen LogP contribution in [-0.2, 0) is 0 Å². The lowest BCUT2D eigenvalue weighted by Gasteiger charge is -2.22. The molecule has 2 atom stereocenters. The zero-order chi connectivity index (χ0) is 14.1. The van der Waals surface area contributed by atoms with Crippen molar-refractivity contribution in [2.75, 3.05) is 13.1 Å². The van der Waals surface area contributed by atoms with Gasteiger partial charge in [0.2, 0.25) is 0 Å². The molecule has 1 saturated carbocycles. The third-order valence-electron chi connectivity index (χ3n) is 4.35. The summed E-state index contributed by atoms with van der Waals surface area (Å²) in [5, 5.41) is 8.77. The molecule has 0 aromatic carbocycles. The highest BCUT2D eigenvalue weighted by atomic mass is 16.4. The minimum atomic E-state index is -1.14. The first kappa shape index (κ1) is 13.0. The fourth-order valence-electron chi connectivity index (χ4n) is 3.28. The zero-order valence-corrected chi connectivity index (χ0v) is 11.2. The second kappa shape index (κ2) is 5.19. The van der Waals surface area contributed by atoms with Gasteiger partial charge >= 0.3 is 5.97 Å². The fourth-order valence-corrected chi connectivity index (χ4v) is 3.28.